The first-order valence-corrected chi connectivity index (χ1v) is 6.32. The number of benzene rings is 1. The lowest BCUT2D eigenvalue weighted by Gasteiger charge is -2.22. The molecule has 0 bridgehead atoms. The second-order valence-corrected chi connectivity index (χ2v) is 4.71. The number of piperidine rings is 1. The van der Waals surface area contributed by atoms with Gasteiger partial charge in [-0.3, -0.25) is 4.79 Å². The third kappa shape index (κ3) is 3.00. The van der Waals surface area contributed by atoms with Gasteiger partial charge in [-0.1, -0.05) is 18.0 Å². The molecule has 0 radical (unpaired) electrons. The van der Waals surface area contributed by atoms with Gasteiger partial charge in [0.1, 0.15) is 6.07 Å². The summed E-state index contributed by atoms with van der Waals surface area (Å²) in [6, 6.07) is 6.75. The second kappa shape index (κ2) is 5.85. The summed E-state index contributed by atoms with van der Waals surface area (Å²) in [5, 5.41) is 15.2. The van der Waals surface area contributed by atoms with Crippen molar-refractivity contribution >= 4 is 23.2 Å². The van der Waals surface area contributed by atoms with E-state index in [4.69, 9.17) is 16.9 Å². The van der Waals surface area contributed by atoms with Gasteiger partial charge in [-0.25, -0.2) is 0 Å². The van der Waals surface area contributed by atoms with E-state index < -0.39 is 0 Å². The summed E-state index contributed by atoms with van der Waals surface area (Å²) in [7, 11) is 0. The van der Waals surface area contributed by atoms with Crippen LogP contribution in [0.15, 0.2) is 18.2 Å². The van der Waals surface area contributed by atoms with Gasteiger partial charge in [0.25, 0.3) is 0 Å². The molecule has 1 fully saturated rings. The summed E-state index contributed by atoms with van der Waals surface area (Å²) in [5.41, 5.74) is 0.972. The van der Waals surface area contributed by atoms with Crippen LogP contribution in [0.5, 0.6) is 0 Å². The number of anilines is 1. The highest BCUT2D eigenvalue weighted by molar-refractivity contribution is 6.31. The molecule has 1 aromatic carbocycles. The van der Waals surface area contributed by atoms with E-state index in [0.29, 0.717) is 16.3 Å². The first kappa shape index (κ1) is 12.9. The van der Waals surface area contributed by atoms with Crippen LogP contribution in [0.3, 0.4) is 0 Å². The molecular formula is C13H14ClN3O. The zero-order chi connectivity index (χ0) is 13.0. The predicted molar refractivity (Wildman–Crippen MR) is 70.4 cm³/mol. The van der Waals surface area contributed by atoms with Crippen LogP contribution < -0.4 is 10.6 Å². The zero-order valence-electron chi connectivity index (χ0n) is 9.87. The normalized spacial score (nSPS) is 19.0. The molecule has 18 heavy (non-hydrogen) atoms. The van der Waals surface area contributed by atoms with Crippen molar-refractivity contribution < 1.29 is 4.79 Å². The van der Waals surface area contributed by atoms with Crippen LogP contribution in [-0.4, -0.2) is 18.5 Å². The Morgan fingerprint density at radius 3 is 3.00 bits per heavy atom. The zero-order valence-corrected chi connectivity index (χ0v) is 10.6. The molecule has 1 saturated heterocycles. The fourth-order valence-corrected chi connectivity index (χ4v) is 2.15. The molecule has 2 N–H and O–H groups in total. The Morgan fingerprint density at radius 1 is 1.50 bits per heavy atom. The van der Waals surface area contributed by atoms with Crippen molar-refractivity contribution in [2.75, 3.05) is 11.9 Å². The Bertz CT molecular complexity index is 489. The van der Waals surface area contributed by atoms with Gasteiger partial charge >= 0.3 is 0 Å². The Labute approximate surface area is 111 Å². The molecule has 1 aliphatic rings. The number of hydrogen-bond donors (Lipinski definition) is 2. The molecule has 1 atom stereocenters. The van der Waals surface area contributed by atoms with Gasteiger partial charge in [0.2, 0.25) is 5.91 Å². The smallest absolute Gasteiger partial charge is 0.241 e. The lowest BCUT2D eigenvalue weighted by Crippen LogP contribution is -2.43. The number of nitrogens with one attached hydrogen (secondary N) is 2. The van der Waals surface area contributed by atoms with Crippen LogP contribution >= 0.6 is 11.6 Å². The Balaban J connectivity index is 2.05. The maximum Gasteiger partial charge on any atom is 0.241 e. The second-order valence-electron chi connectivity index (χ2n) is 4.30. The van der Waals surface area contributed by atoms with E-state index in [-0.39, 0.29) is 11.9 Å². The molecule has 1 aliphatic heterocycles. The molecule has 0 saturated carbocycles. The van der Waals surface area contributed by atoms with E-state index in [0.717, 1.165) is 25.8 Å². The molecule has 0 aliphatic carbocycles. The third-order valence-corrected chi connectivity index (χ3v) is 3.31. The van der Waals surface area contributed by atoms with Crippen LogP contribution in [0.1, 0.15) is 24.8 Å². The average Bonchev–Trinajstić information content (AvgIpc) is 2.42. The van der Waals surface area contributed by atoms with Crippen LogP contribution in [0.25, 0.3) is 0 Å². The minimum absolute atomic E-state index is 0.0547. The van der Waals surface area contributed by atoms with Gasteiger partial charge < -0.3 is 10.6 Å². The number of amides is 1. The lowest BCUT2D eigenvalue weighted by molar-refractivity contribution is -0.118. The standard InChI is InChI=1S/C13H14ClN3O/c14-11-5-4-10(7-9(11)8-15)17-13(18)12-3-1-2-6-16-12/h4-5,7,12,16H,1-3,6H2,(H,17,18)/t12-/m1/s1. The molecule has 1 amide bonds. The van der Waals surface area contributed by atoms with Gasteiger partial charge in [0.05, 0.1) is 16.6 Å². The number of rotatable bonds is 2. The van der Waals surface area contributed by atoms with Crippen LogP contribution in [0, 0.1) is 11.3 Å². The van der Waals surface area contributed by atoms with E-state index in [9.17, 15) is 4.79 Å². The fourth-order valence-electron chi connectivity index (χ4n) is 1.99. The number of hydrogen-bond acceptors (Lipinski definition) is 3. The van der Waals surface area contributed by atoms with E-state index in [1.807, 2.05) is 6.07 Å². The van der Waals surface area contributed by atoms with Crippen LogP contribution in [0.4, 0.5) is 5.69 Å². The molecule has 2 rings (SSSR count). The lowest BCUT2D eigenvalue weighted by atomic mass is 10.0. The average molecular weight is 264 g/mol. The molecule has 0 spiro atoms. The largest absolute Gasteiger partial charge is 0.325 e. The number of carbonyl (C=O) groups is 1. The maximum absolute atomic E-state index is 12.0. The quantitative estimate of drug-likeness (QED) is 0.860. The number of carbonyl (C=O) groups excluding carboxylic acids is 1. The Kier molecular flexibility index (Phi) is 4.19. The van der Waals surface area contributed by atoms with Crippen molar-refractivity contribution in [2.24, 2.45) is 0 Å². The SMILES string of the molecule is N#Cc1cc(NC(=O)[C@H]2CCCCN2)ccc1Cl. The van der Waals surface area contributed by atoms with Crippen molar-refractivity contribution in [1.29, 1.82) is 5.26 Å². The van der Waals surface area contributed by atoms with Crippen LogP contribution in [0.2, 0.25) is 5.02 Å². The first-order valence-electron chi connectivity index (χ1n) is 5.94. The van der Waals surface area contributed by atoms with Crippen molar-refractivity contribution in [3.63, 3.8) is 0 Å². The third-order valence-electron chi connectivity index (χ3n) is 2.98. The van der Waals surface area contributed by atoms with Crippen molar-refractivity contribution in [3.05, 3.63) is 28.8 Å². The monoisotopic (exact) mass is 263 g/mol. The molecule has 4 nitrogen and oxygen atoms in total. The van der Waals surface area contributed by atoms with Crippen molar-refractivity contribution in [2.45, 2.75) is 25.3 Å². The van der Waals surface area contributed by atoms with Gasteiger partial charge in [-0.05, 0) is 37.6 Å². The minimum atomic E-state index is -0.139. The van der Waals surface area contributed by atoms with E-state index in [1.165, 1.54) is 0 Å². The maximum atomic E-state index is 12.0. The van der Waals surface area contributed by atoms with E-state index in [1.54, 1.807) is 18.2 Å². The molecule has 0 aromatic heterocycles. The summed E-state index contributed by atoms with van der Waals surface area (Å²) >= 11 is 5.83. The highest BCUT2D eigenvalue weighted by atomic mass is 35.5. The Hall–Kier alpha value is -1.57. The summed E-state index contributed by atoms with van der Waals surface area (Å²) in [6.45, 7) is 0.877. The summed E-state index contributed by atoms with van der Waals surface area (Å²) in [6.07, 6.45) is 3.03. The molecule has 1 heterocycles. The molecule has 94 valence electrons. The number of nitriles is 1. The minimum Gasteiger partial charge on any atom is -0.325 e. The molecule has 1 aromatic rings. The fraction of sp³-hybridized carbons (Fsp3) is 0.385. The van der Waals surface area contributed by atoms with Gasteiger partial charge in [-0.2, -0.15) is 5.26 Å². The highest BCUT2D eigenvalue weighted by Crippen LogP contribution is 2.20. The van der Waals surface area contributed by atoms with Crippen LogP contribution in [-0.2, 0) is 4.79 Å². The summed E-state index contributed by atoms with van der Waals surface area (Å²) in [4.78, 5) is 12.0. The topological polar surface area (TPSA) is 64.9 Å². The number of nitrogens with zero attached hydrogens (tertiary/aromatic N) is 1. The van der Waals surface area contributed by atoms with Crippen molar-refractivity contribution in [3.8, 4) is 6.07 Å². The summed E-state index contributed by atoms with van der Waals surface area (Å²) in [5.74, 6) is -0.0547. The van der Waals surface area contributed by atoms with Gasteiger partial charge in [0, 0.05) is 5.69 Å². The number of halogens is 1. The Morgan fingerprint density at radius 2 is 2.33 bits per heavy atom. The van der Waals surface area contributed by atoms with E-state index in [2.05, 4.69) is 10.6 Å². The van der Waals surface area contributed by atoms with E-state index >= 15 is 0 Å². The first-order chi connectivity index (χ1) is 8.70. The molecule has 5 heteroatoms. The highest BCUT2D eigenvalue weighted by Gasteiger charge is 2.20. The summed E-state index contributed by atoms with van der Waals surface area (Å²) < 4.78 is 0. The van der Waals surface area contributed by atoms with Crippen molar-refractivity contribution in [1.82, 2.24) is 5.32 Å². The van der Waals surface area contributed by atoms with Gasteiger partial charge in [0.15, 0.2) is 0 Å². The molecule has 0 unspecified atom stereocenters. The molecular weight excluding hydrogens is 250 g/mol. The predicted octanol–water partition coefficient (Wildman–Crippen LogP) is 2.29. The van der Waals surface area contributed by atoms with Gasteiger partial charge in [-0.15, -0.1) is 0 Å².